The fourth-order valence-electron chi connectivity index (χ4n) is 2.41. The van der Waals surface area contributed by atoms with Crippen LogP contribution in [0.1, 0.15) is 35.0 Å². The van der Waals surface area contributed by atoms with Gasteiger partial charge in [0, 0.05) is 28.9 Å². The second-order valence-electron chi connectivity index (χ2n) is 6.28. The molecule has 0 aliphatic heterocycles. The number of hydrogen-bond acceptors (Lipinski definition) is 4. The van der Waals surface area contributed by atoms with Crippen LogP contribution in [0.3, 0.4) is 0 Å². The molecule has 0 fully saturated rings. The number of carbonyl (C=O) groups is 1. The molecule has 0 unspecified atom stereocenters. The lowest BCUT2D eigenvalue weighted by Gasteiger charge is -2.16. The lowest BCUT2D eigenvalue weighted by atomic mass is 10.1. The van der Waals surface area contributed by atoms with Crippen molar-refractivity contribution in [2.24, 2.45) is 0 Å². The zero-order valence-corrected chi connectivity index (χ0v) is 18.4. The molecule has 6 nitrogen and oxygen atoms in total. The van der Waals surface area contributed by atoms with E-state index in [-0.39, 0.29) is 38.9 Å². The summed E-state index contributed by atoms with van der Waals surface area (Å²) in [5.41, 5.74) is -4.43. The van der Waals surface area contributed by atoms with Crippen LogP contribution in [-0.2, 0) is 10.2 Å². The maximum absolute atomic E-state index is 14.3. The fraction of sp³-hybridized carbons (Fsp3) is 0.438. The van der Waals surface area contributed by atoms with E-state index in [9.17, 15) is 26.9 Å². The molecule has 0 bridgehead atoms. The minimum absolute atomic E-state index is 0.0287. The Balaban J connectivity index is 2.55. The Morgan fingerprint density at radius 2 is 1.93 bits per heavy atom. The van der Waals surface area contributed by atoms with Gasteiger partial charge >= 0.3 is 13.3 Å². The SMILES string of the molecule is CNC(=O)c1cc(OCCCC(C)(F)F)c2sc(C(F)(F)P(=O)(O)O)c(Br)c2c1. The van der Waals surface area contributed by atoms with Crippen molar-refractivity contribution in [3.63, 3.8) is 0 Å². The summed E-state index contributed by atoms with van der Waals surface area (Å²) in [6.07, 6.45) is -0.492. The van der Waals surface area contributed by atoms with E-state index in [1.54, 1.807) is 0 Å². The zero-order valence-electron chi connectivity index (χ0n) is 15.1. The predicted octanol–water partition coefficient (Wildman–Crippen LogP) is 5.06. The van der Waals surface area contributed by atoms with Gasteiger partial charge in [0.2, 0.25) is 5.92 Å². The molecule has 0 radical (unpaired) electrons. The summed E-state index contributed by atoms with van der Waals surface area (Å²) in [5.74, 6) is -3.48. The average molecular weight is 522 g/mol. The molecule has 0 aliphatic carbocycles. The summed E-state index contributed by atoms with van der Waals surface area (Å²) in [7, 11) is -4.47. The van der Waals surface area contributed by atoms with Crippen LogP contribution in [0.2, 0.25) is 0 Å². The number of ether oxygens (including phenoxy) is 1. The van der Waals surface area contributed by atoms with Gasteiger partial charge in [-0.25, -0.2) is 8.78 Å². The normalized spacial score (nSPS) is 13.0. The number of hydrogen-bond donors (Lipinski definition) is 3. The van der Waals surface area contributed by atoms with E-state index >= 15 is 0 Å². The molecule has 0 aliphatic rings. The van der Waals surface area contributed by atoms with E-state index in [1.807, 2.05) is 0 Å². The molecule has 0 saturated carbocycles. The van der Waals surface area contributed by atoms with Gasteiger partial charge in [0.1, 0.15) is 10.6 Å². The van der Waals surface area contributed by atoms with E-state index in [0.717, 1.165) is 6.92 Å². The number of benzene rings is 1. The number of amides is 1. The first-order valence-electron chi connectivity index (χ1n) is 8.11. The Morgan fingerprint density at radius 3 is 2.45 bits per heavy atom. The Hall–Kier alpha value is -1.20. The van der Waals surface area contributed by atoms with Gasteiger partial charge < -0.3 is 19.8 Å². The molecule has 1 aromatic carbocycles. The molecule has 1 heterocycles. The number of alkyl halides is 4. The molecule has 1 amide bonds. The zero-order chi connectivity index (χ0) is 22.2. The lowest BCUT2D eigenvalue weighted by Crippen LogP contribution is -2.17. The second-order valence-corrected chi connectivity index (χ2v) is 9.75. The van der Waals surface area contributed by atoms with E-state index in [0.29, 0.717) is 11.3 Å². The number of halogens is 5. The van der Waals surface area contributed by atoms with Crippen molar-refractivity contribution in [2.75, 3.05) is 13.7 Å². The summed E-state index contributed by atoms with van der Waals surface area (Å²) in [6.45, 7) is 0.583. The monoisotopic (exact) mass is 521 g/mol. The summed E-state index contributed by atoms with van der Waals surface area (Å²) in [4.78, 5) is 29.1. The summed E-state index contributed by atoms with van der Waals surface area (Å²) < 4.78 is 70.9. The number of rotatable bonds is 8. The smallest absolute Gasteiger partial charge is 0.400 e. The maximum atomic E-state index is 14.3. The quantitative estimate of drug-likeness (QED) is 0.256. The Labute approximate surface area is 175 Å². The first-order chi connectivity index (χ1) is 13.2. The molecule has 29 heavy (non-hydrogen) atoms. The third-order valence-corrected chi connectivity index (χ3v) is 7.32. The minimum Gasteiger partial charge on any atom is -0.492 e. The highest BCUT2D eigenvalue weighted by molar-refractivity contribution is 9.10. The van der Waals surface area contributed by atoms with Gasteiger partial charge in [-0.15, -0.1) is 11.3 Å². The van der Waals surface area contributed by atoms with Gasteiger partial charge in [-0.1, -0.05) is 0 Å². The van der Waals surface area contributed by atoms with Crippen LogP contribution in [-0.4, -0.2) is 35.3 Å². The van der Waals surface area contributed by atoms with Crippen LogP contribution in [0.25, 0.3) is 10.1 Å². The second kappa shape index (κ2) is 8.50. The van der Waals surface area contributed by atoms with Crippen LogP contribution in [0.4, 0.5) is 17.6 Å². The third kappa shape index (κ3) is 5.29. The standard InChI is InChI=1S/C16H17BrF4NO5PS/c1-15(18,19)4-3-5-27-10-7-8(14(23)22-2)6-9-11(17)13(29-12(9)10)16(20,21)28(24,25)26/h6-7H,3-5H2,1-2H3,(H,22,23)(H2,24,25,26). The number of nitrogens with one attached hydrogen (secondary N) is 1. The lowest BCUT2D eigenvalue weighted by molar-refractivity contribution is 0.00773. The molecular formula is C16H17BrF4NO5PS. The van der Waals surface area contributed by atoms with Gasteiger partial charge in [-0.3, -0.25) is 9.36 Å². The van der Waals surface area contributed by atoms with Crippen molar-refractivity contribution >= 4 is 50.9 Å². The Kier molecular flexibility index (Phi) is 7.06. The van der Waals surface area contributed by atoms with Crippen LogP contribution < -0.4 is 10.1 Å². The Bertz CT molecular complexity index is 972. The topological polar surface area (TPSA) is 95.9 Å². The molecule has 0 atom stereocenters. The van der Waals surface area contributed by atoms with Crippen LogP contribution >= 0.6 is 34.9 Å². The molecule has 2 rings (SSSR count). The molecular weight excluding hydrogens is 505 g/mol. The van der Waals surface area contributed by atoms with Crippen molar-refractivity contribution in [1.82, 2.24) is 5.32 Å². The summed E-state index contributed by atoms with van der Waals surface area (Å²) >= 11 is 3.31. The number of carbonyl (C=O) groups excluding carboxylic acids is 1. The van der Waals surface area contributed by atoms with Crippen LogP contribution in [0, 0.1) is 0 Å². The molecule has 162 valence electrons. The van der Waals surface area contributed by atoms with Gasteiger partial charge in [0.15, 0.2) is 0 Å². The van der Waals surface area contributed by atoms with Gasteiger partial charge in [0.05, 0.1) is 11.3 Å². The van der Waals surface area contributed by atoms with Crippen LogP contribution in [0.15, 0.2) is 16.6 Å². The minimum atomic E-state index is -5.83. The third-order valence-electron chi connectivity index (χ3n) is 3.84. The molecule has 13 heteroatoms. The highest BCUT2D eigenvalue weighted by Crippen LogP contribution is 2.63. The average Bonchev–Trinajstić information content (AvgIpc) is 2.93. The Morgan fingerprint density at radius 1 is 1.31 bits per heavy atom. The highest BCUT2D eigenvalue weighted by atomic mass is 79.9. The van der Waals surface area contributed by atoms with Gasteiger partial charge in [0.25, 0.3) is 5.91 Å². The summed E-state index contributed by atoms with van der Waals surface area (Å²) in [6, 6.07) is 2.52. The first-order valence-corrected chi connectivity index (χ1v) is 11.3. The van der Waals surface area contributed by atoms with E-state index < -0.39 is 36.4 Å². The first kappa shape index (κ1) is 24.1. The van der Waals surface area contributed by atoms with Crippen molar-refractivity contribution in [3.05, 3.63) is 27.0 Å². The number of fused-ring (bicyclic) bond motifs is 1. The van der Waals surface area contributed by atoms with E-state index in [4.69, 9.17) is 14.5 Å². The van der Waals surface area contributed by atoms with Crippen molar-refractivity contribution < 1.29 is 41.4 Å². The van der Waals surface area contributed by atoms with Crippen molar-refractivity contribution in [1.29, 1.82) is 0 Å². The van der Waals surface area contributed by atoms with E-state index in [2.05, 4.69) is 21.2 Å². The van der Waals surface area contributed by atoms with E-state index in [1.165, 1.54) is 19.2 Å². The van der Waals surface area contributed by atoms with Gasteiger partial charge in [-0.2, -0.15) is 8.78 Å². The van der Waals surface area contributed by atoms with Crippen molar-refractivity contribution in [3.8, 4) is 5.75 Å². The molecule has 1 aromatic heterocycles. The maximum Gasteiger partial charge on any atom is 0.400 e. The number of thiophene rings is 1. The van der Waals surface area contributed by atoms with Crippen molar-refractivity contribution in [2.45, 2.75) is 31.4 Å². The predicted molar refractivity (Wildman–Crippen MR) is 104 cm³/mol. The largest absolute Gasteiger partial charge is 0.492 e. The molecule has 0 spiro atoms. The van der Waals surface area contributed by atoms with Crippen LogP contribution in [0.5, 0.6) is 5.75 Å². The fourth-order valence-corrected chi connectivity index (χ4v) is 5.39. The highest BCUT2D eigenvalue weighted by Gasteiger charge is 2.53. The summed E-state index contributed by atoms with van der Waals surface area (Å²) in [5, 5.41) is 2.44. The molecule has 3 N–H and O–H groups in total. The van der Waals surface area contributed by atoms with Gasteiger partial charge in [-0.05, 0) is 41.4 Å². The molecule has 0 saturated heterocycles. The molecule has 2 aromatic rings.